The normalized spacial score (nSPS) is 12.1. The molecule has 1 amide bonds. The highest BCUT2D eigenvalue weighted by Crippen LogP contribution is 1.92. The standard InChI is InChI=1S/C9H12N2O3/c1-6(12)5-11-9(14)7-2-3-10-8(13)4-7/h2-4,6,12H,5H2,1H3,(H,10,13)(H,11,14)/t6-/m1/s1. The number of carbonyl (C=O) groups is 1. The van der Waals surface area contributed by atoms with Gasteiger partial charge in [-0.15, -0.1) is 0 Å². The molecule has 0 unspecified atom stereocenters. The van der Waals surface area contributed by atoms with Crippen molar-refractivity contribution in [3.8, 4) is 0 Å². The summed E-state index contributed by atoms with van der Waals surface area (Å²) >= 11 is 0. The fraction of sp³-hybridized carbons (Fsp3) is 0.333. The summed E-state index contributed by atoms with van der Waals surface area (Å²) < 4.78 is 0. The van der Waals surface area contributed by atoms with Gasteiger partial charge in [0.1, 0.15) is 0 Å². The summed E-state index contributed by atoms with van der Waals surface area (Å²) in [5.41, 5.74) is -0.0379. The highest BCUT2D eigenvalue weighted by molar-refractivity contribution is 5.93. The molecule has 0 aliphatic carbocycles. The van der Waals surface area contributed by atoms with E-state index in [9.17, 15) is 9.59 Å². The van der Waals surface area contributed by atoms with E-state index in [0.717, 1.165) is 0 Å². The summed E-state index contributed by atoms with van der Waals surface area (Å²) in [5.74, 6) is -0.364. The van der Waals surface area contributed by atoms with Crippen molar-refractivity contribution in [3.63, 3.8) is 0 Å². The molecule has 1 atom stereocenters. The fourth-order valence-corrected chi connectivity index (χ4v) is 0.928. The first kappa shape index (κ1) is 10.5. The number of hydrogen-bond acceptors (Lipinski definition) is 3. The summed E-state index contributed by atoms with van der Waals surface area (Å²) in [7, 11) is 0. The van der Waals surface area contributed by atoms with E-state index in [0.29, 0.717) is 0 Å². The van der Waals surface area contributed by atoms with Crippen LogP contribution in [0.15, 0.2) is 23.1 Å². The minimum atomic E-state index is -0.596. The minimum Gasteiger partial charge on any atom is -0.392 e. The van der Waals surface area contributed by atoms with Gasteiger partial charge in [0.25, 0.3) is 5.91 Å². The van der Waals surface area contributed by atoms with Crippen LogP contribution >= 0.6 is 0 Å². The molecule has 0 aliphatic rings. The molecule has 3 N–H and O–H groups in total. The zero-order valence-electron chi connectivity index (χ0n) is 7.78. The molecule has 1 rings (SSSR count). The lowest BCUT2D eigenvalue weighted by Gasteiger charge is -2.06. The smallest absolute Gasteiger partial charge is 0.251 e. The van der Waals surface area contributed by atoms with E-state index in [2.05, 4.69) is 10.3 Å². The van der Waals surface area contributed by atoms with Crippen LogP contribution in [0.3, 0.4) is 0 Å². The molecule has 0 aliphatic heterocycles. The quantitative estimate of drug-likeness (QED) is 0.608. The molecule has 0 saturated heterocycles. The van der Waals surface area contributed by atoms with Gasteiger partial charge in [0, 0.05) is 24.4 Å². The molecule has 0 saturated carbocycles. The van der Waals surface area contributed by atoms with Crippen molar-refractivity contribution in [2.24, 2.45) is 0 Å². The number of hydrogen-bond donors (Lipinski definition) is 3. The number of nitrogens with one attached hydrogen (secondary N) is 2. The predicted molar refractivity (Wildman–Crippen MR) is 51.1 cm³/mol. The van der Waals surface area contributed by atoms with E-state index in [1.165, 1.54) is 18.3 Å². The minimum absolute atomic E-state index is 0.172. The molecule has 0 spiro atoms. The third-order valence-electron chi connectivity index (χ3n) is 1.60. The van der Waals surface area contributed by atoms with Crippen LogP contribution in [0.5, 0.6) is 0 Å². The molecule has 76 valence electrons. The van der Waals surface area contributed by atoms with E-state index >= 15 is 0 Å². The SMILES string of the molecule is C[C@@H](O)CNC(=O)c1cc[nH]c(=O)c1. The summed E-state index contributed by atoms with van der Waals surface area (Å²) in [6.07, 6.45) is 0.806. The summed E-state index contributed by atoms with van der Waals surface area (Å²) in [4.78, 5) is 24.6. The lowest BCUT2D eigenvalue weighted by atomic mass is 10.2. The second kappa shape index (κ2) is 4.57. The van der Waals surface area contributed by atoms with Gasteiger partial charge < -0.3 is 15.4 Å². The Morgan fingerprint density at radius 1 is 1.71 bits per heavy atom. The second-order valence-corrected chi connectivity index (χ2v) is 3.00. The Kier molecular flexibility index (Phi) is 3.41. The summed E-state index contributed by atoms with van der Waals surface area (Å²) in [6, 6.07) is 2.70. The van der Waals surface area contributed by atoms with Crippen LogP contribution in [0.1, 0.15) is 17.3 Å². The lowest BCUT2D eigenvalue weighted by molar-refractivity contribution is 0.0924. The molecule has 0 fully saturated rings. The maximum absolute atomic E-state index is 11.3. The fourth-order valence-electron chi connectivity index (χ4n) is 0.928. The number of aromatic amines is 1. The van der Waals surface area contributed by atoms with E-state index in [-0.39, 0.29) is 23.6 Å². The predicted octanol–water partition coefficient (Wildman–Crippen LogP) is -0.514. The number of pyridine rings is 1. The monoisotopic (exact) mass is 196 g/mol. The maximum atomic E-state index is 11.3. The van der Waals surface area contributed by atoms with Gasteiger partial charge in [0.2, 0.25) is 5.56 Å². The molecule has 5 heteroatoms. The average Bonchev–Trinajstić information content (AvgIpc) is 2.14. The average molecular weight is 196 g/mol. The Morgan fingerprint density at radius 3 is 3.00 bits per heavy atom. The molecular formula is C9H12N2O3. The van der Waals surface area contributed by atoms with Crippen LogP contribution in [0.4, 0.5) is 0 Å². The van der Waals surface area contributed by atoms with Crippen molar-refractivity contribution in [2.45, 2.75) is 13.0 Å². The molecule has 1 heterocycles. The highest BCUT2D eigenvalue weighted by Gasteiger charge is 2.05. The Hall–Kier alpha value is -1.62. The number of rotatable bonds is 3. The van der Waals surface area contributed by atoms with Crippen molar-refractivity contribution in [1.82, 2.24) is 10.3 Å². The van der Waals surface area contributed by atoms with E-state index in [1.807, 2.05) is 0 Å². The first-order chi connectivity index (χ1) is 6.59. The molecular weight excluding hydrogens is 184 g/mol. The first-order valence-electron chi connectivity index (χ1n) is 4.24. The molecule has 0 radical (unpaired) electrons. The Bertz CT molecular complexity index is 370. The van der Waals surface area contributed by atoms with Gasteiger partial charge in [-0.25, -0.2) is 0 Å². The Morgan fingerprint density at radius 2 is 2.43 bits per heavy atom. The van der Waals surface area contributed by atoms with E-state index in [1.54, 1.807) is 6.92 Å². The van der Waals surface area contributed by atoms with Crippen molar-refractivity contribution in [2.75, 3.05) is 6.54 Å². The third-order valence-corrected chi connectivity index (χ3v) is 1.60. The molecule has 5 nitrogen and oxygen atoms in total. The first-order valence-corrected chi connectivity index (χ1v) is 4.24. The van der Waals surface area contributed by atoms with Crippen molar-refractivity contribution in [3.05, 3.63) is 34.2 Å². The van der Waals surface area contributed by atoms with Gasteiger partial charge in [-0.3, -0.25) is 9.59 Å². The maximum Gasteiger partial charge on any atom is 0.251 e. The van der Waals surface area contributed by atoms with Crippen molar-refractivity contribution >= 4 is 5.91 Å². The van der Waals surface area contributed by atoms with Gasteiger partial charge >= 0.3 is 0 Å². The third kappa shape index (κ3) is 3.02. The topological polar surface area (TPSA) is 82.2 Å². The van der Waals surface area contributed by atoms with Gasteiger partial charge in [-0.2, -0.15) is 0 Å². The van der Waals surface area contributed by atoms with Crippen molar-refractivity contribution < 1.29 is 9.90 Å². The van der Waals surface area contributed by atoms with Gasteiger partial charge in [0.15, 0.2) is 0 Å². The summed E-state index contributed by atoms with van der Waals surface area (Å²) in [5, 5.41) is 11.4. The van der Waals surface area contributed by atoms with E-state index < -0.39 is 6.10 Å². The number of aromatic nitrogens is 1. The molecule has 14 heavy (non-hydrogen) atoms. The number of aliphatic hydroxyl groups is 1. The zero-order chi connectivity index (χ0) is 10.6. The van der Waals surface area contributed by atoms with Crippen molar-refractivity contribution in [1.29, 1.82) is 0 Å². The van der Waals surface area contributed by atoms with Crippen LogP contribution in [0, 0.1) is 0 Å². The Labute approximate surface area is 80.8 Å². The van der Waals surface area contributed by atoms with Crippen LogP contribution in [-0.4, -0.2) is 28.6 Å². The van der Waals surface area contributed by atoms with E-state index in [4.69, 9.17) is 5.11 Å². The van der Waals surface area contributed by atoms with Crippen LogP contribution in [0.2, 0.25) is 0 Å². The number of aliphatic hydroxyl groups excluding tert-OH is 1. The highest BCUT2D eigenvalue weighted by atomic mass is 16.3. The molecule has 0 bridgehead atoms. The van der Waals surface area contributed by atoms with Crippen LogP contribution in [0.25, 0.3) is 0 Å². The number of amides is 1. The van der Waals surface area contributed by atoms with Crippen LogP contribution < -0.4 is 10.9 Å². The number of carbonyl (C=O) groups excluding carboxylic acids is 1. The Balaban J connectivity index is 2.65. The molecule has 1 aromatic rings. The zero-order valence-corrected chi connectivity index (χ0v) is 7.78. The van der Waals surface area contributed by atoms with Gasteiger partial charge in [-0.05, 0) is 13.0 Å². The molecule has 0 aromatic carbocycles. The van der Waals surface area contributed by atoms with Gasteiger partial charge in [0.05, 0.1) is 6.10 Å². The second-order valence-electron chi connectivity index (χ2n) is 3.00. The van der Waals surface area contributed by atoms with Gasteiger partial charge in [-0.1, -0.05) is 0 Å². The van der Waals surface area contributed by atoms with Crippen LogP contribution in [-0.2, 0) is 0 Å². The largest absolute Gasteiger partial charge is 0.392 e. The summed E-state index contributed by atoms with van der Waals surface area (Å²) in [6.45, 7) is 1.74. The molecule has 1 aromatic heterocycles. The lowest BCUT2D eigenvalue weighted by Crippen LogP contribution is -2.31. The number of H-pyrrole nitrogens is 1.